The summed E-state index contributed by atoms with van der Waals surface area (Å²) in [4.78, 5) is 40.6. The number of aromatic nitrogens is 1. The maximum Gasteiger partial charge on any atom is 0.395 e. The van der Waals surface area contributed by atoms with Crippen LogP contribution in [0.5, 0.6) is 5.75 Å². The van der Waals surface area contributed by atoms with E-state index < -0.39 is 24.7 Å². The molecule has 0 saturated carbocycles. The third-order valence-corrected chi connectivity index (χ3v) is 4.61. The molecule has 2 rings (SSSR count). The molecule has 1 aromatic heterocycles. The second kappa shape index (κ2) is 8.58. The van der Waals surface area contributed by atoms with Crippen molar-refractivity contribution >= 4 is 41.4 Å². The number of nitro groups is 1. The van der Waals surface area contributed by atoms with Gasteiger partial charge in [-0.1, -0.05) is 11.2 Å². The fourth-order valence-corrected chi connectivity index (χ4v) is 3.20. The van der Waals surface area contributed by atoms with E-state index in [0.29, 0.717) is 0 Å². The van der Waals surface area contributed by atoms with Crippen LogP contribution in [0.25, 0.3) is 0 Å². The maximum absolute atomic E-state index is 12.2. The quantitative estimate of drug-likeness (QED) is 0.248. The Morgan fingerprint density at radius 2 is 2.30 bits per heavy atom. The second-order valence-corrected chi connectivity index (χ2v) is 7.50. The Balaban J connectivity index is 2.06. The second-order valence-electron chi connectivity index (χ2n) is 4.84. The van der Waals surface area contributed by atoms with Crippen molar-refractivity contribution in [2.24, 2.45) is 5.16 Å². The van der Waals surface area contributed by atoms with Gasteiger partial charge in [0, 0.05) is 11.4 Å². The van der Waals surface area contributed by atoms with E-state index in [9.17, 15) is 24.4 Å². The van der Waals surface area contributed by atoms with Crippen LogP contribution in [0.1, 0.15) is 5.69 Å². The lowest BCUT2D eigenvalue weighted by atomic mass is 10.3. The fourth-order valence-electron chi connectivity index (χ4n) is 1.80. The molecule has 0 aliphatic rings. The van der Waals surface area contributed by atoms with E-state index >= 15 is 0 Å². The molecule has 0 saturated heterocycles. The highest BCUT2D eigenvalue weighted by molar-refractivity contribution is 7.53. The average Bonchev–Trinajstić information content (AvgIpc) is 3.03. The highest BCUT2D eigenvalue weighted by Crippen LogP contribution is 2.41. The zero-order chi connectivity index (χ0) is 20.0. The average molecular weight is 415 g/mol. The van der Waals surface area contributed by atoms with Gasteiger partial charge in [0.05, 0.1) is 11.0 Å². The smallest absolute Gasteiger partial charge is 0.395 e. The number of thiazole rings is 1. The van der Waals surface area contributed by atoms with Crippen LogP contribution in [-0.2, 0) is 14.2 Å². The minimum atomic E-state index is -4.36. The molecule has 1 aromatic carbocycles. The third kappa shape index (κ3) is 5.74. The van der Waals surface area contributed by atoms with Gasteiger partial charge >= 0.3 is 7.60 Å². The van der Waals surface area contributed by atoms with E-state index in [2.05, 4.69) is 20.3 Å². The number of nitrogens with zero attached hydrogens (tertiary/aromatic N) is 3. The van der Waals surface area contributed by atoms with E-state index in [0.717, 1.165) is 17.4 Å². The van der Waals surface area contributed by atoms with E-state index in [-0.39, 0.29) is 28.0 Å². The van der Waals surface area contributed by atoms with Crippen molar-refractivity contribution in [2.75, 3.05) is 19.1 Å². The molecule has 1 unspecified atom stereocenters. The number of amides is 1. The maximum atomic E-state index is 12.2. The van der Waals surface area contributed by atoms with Crippen LogP contribution in [0.4, 0.5) is 10.8 Å². The van der Waals surface area contributed by atoms with E-state index in [1.165, 1.54) is 30.7 Å². The standard InChI is InChI=1S/C13H14N5O7PS/c1-24-17-11(10-6-27-13(14)16-10)12(19)15-7-26(22,23)25-9-4-2-3-8(5-9)18(20)21/h2-6H,7H2,1H3,(H2,14,16)(H,15,19)(H,22,23). The number of oxime groups is 1. The van der Waals surface area contributed by atoms with Gasteiger partial charge in [-0.2, -0.15) is 0 Å². The van der Waals surface area contributed by atoms with Gasteiger partial charge in [0.1, 0.15) is 24.8 Å². The Bertz CT molecular complexity index is 931. The lowest BCUT2D eigenvalue weighted by molar-refractivity contribution is -0.384. The largest absolute Gasteiger partial charge is 0.423 e. The molecule has 27 heavy (non-hydrogen) atoms. The molecule has 14 heteroatoms. The Hall–Kier alpha value is -3.02. The minimum Gasteiger partial charge on any atom is -0.423 e. The van der Waals surface area contributed by atoms with Gasteiger partial charge in [-0.05, 0) is 6.07 Å². The molecule has 0 aliphatic heterocycles. The number of rotatable bonds is 8. The summed E-state index contributed by atoms with van der Waals surface area (Å²) in [6.45, 7) is 0. The van der Waals surface area contributed by atoms with Gasteiger partial charge in [-0.15, -0.1) is 11.3 Å². The van der Waals surface area contributed by atoms with Crippen LogP contribution in [0.2, 0.25) is 0 Å². The number of benzene rings is 1. The molecule has 144 valence electrons. The molecule has 0 bridgehead atoms. The number of non-ortho nitro benzene ring substituents is 1. The predicted molar refractivity (Wildman–Crippen MR) is 96.6 cm³/mol. The number of carbonyl (C=O) groups excluding carboxylic acids is 1. The Labute approximate surface area is 156 Å². The highest BCUT2D eigenvalue weighted by Gasteiger charge is 2.26. The number of nitrogens with two attached hydrogens (primary N) is 1. The number of anilines is 1. The molecule has 1 amide bonds. The number of nitrogen functional groups attached to an aromatic ring is 1. The summed E-state index contributed by atoms with van der Waals surface area (Å²) in [5.74, 6) is -1.04. The van der Waals surface area contributed by atoms with Crippen LogP contribution in [0.3, 0.4) is 0 Å². The summed E-state index contributed by atoms with van der Waals surface area (Å²) in [5, 5.41) is 18.1. The van der Waals surface area contributed by atoms with Crippen molar-refractivity contribution < 1.29 is 28.5 Å². The summed E-state index contributed by atoms with van der Waals surface area (Å²) in [5.41, 5.74) is 5.07. The number of nitro benzene ring substituents is 1. The van der Waals surface area contributed by atoms with Gasteiger partial charge in [-0.25, -0.2) is 9.55 Å². The van der Waals surface area contributed by atoms with Gasteiger partial charge in [0.15, 0.2) is 10.8 Å². The lowest BCUT2D eigenvalue weighted by Crippen LogP contribution is -2.33. The van der Waals surface area contributed by atoms with Crippen LogP contribution in [-0.4, -0.2) is 39.8 Å². The molecule has 4 N–H and O–H groups in total. The minimum absolute atomic E-state index is 0.129. The number of hydrogen-bond donors (Lipinski definition) is 3. The summed E-state index contributed by atoms with van der Waals surface area (Å²) in [6, 6.07) is 4.75. The van der Waals surface area contributed by atoms with Crippen LogP contribution < -0.4 is 15.6 Å². The van der Waals surface area contributed by atoms with Gasteiger partial charge in [-0.3, -0.25) is 14.9 Å². The summed E-state index contributed by atoms with van der Waals surface area (Å²) in [7, 11) is -3.14. The first-order valence-electron chi connectivity index (χ1n) is 7.08. The third-order valence-electron chi connectivity index (χ3n) is 2.88. The van der Waals surface area contributed by atoms with Crippen molar-refractivity contribution in [3.8, 4) is 5.75 Å². The molecule has 12 nitrogen and oxygen atoms in total. The molecule has 0 spiro atoms. The van der Waals surface area contributed by atoms with E-state index in [4.69, 9.17) is 10.3 Å². The molecule has 1 atom stereocenters. The van der Waals surface area contributed by atoms with Gasteiger partial charge < -0.3 is 25.3 Å². The van der Waals surface area contributed by atoms with Crippen LogP contribution >= 0.6 is 18.9 Å². The molecule has 1 heterocycles. The van der Waals surface area contributed by atoms with E-state index in [1.54, 1.807) is 0 Å². The molecular weight excluding hydrogens is 401 g/mol. The van der Waals surface area contributed by atoms with Crippen molar-refractivity contribution in [3.63, 3.8) is 0 Å². The topological polar surface area (TPSA) is 179 Å². The lowest BCUT2D eigenvalue weighted by Gasteiger charge is -2.14. The monoisotopic (exact) mass is 415 g/mol. The van der Waals surface area contributed by atoms with Gasteiger partial charge in [0.2, 0.25) is 0 Å². The summed E-state index contributed by atoms with van der Waals surface area (Å²) in [6.07, 6.45) is -0.781. The van der Waals surface area contributed by atoms with Crippen LogP contribution in [0.15, 0.2) is 34.8 Å². The zero-order valence-corrected chi connectivity index (χ0v) is 15.5. The summed E-state index contributed by atoms with van der Waals surface area (Å²) >= 11 is 1.07. The van der Waals surface area contributed by atoms with Gasteiger partial charge in [0.25, 0.3) is 11.6 Å². The van der Waals surface area contributed by atoms with E-state index in [1.807, 2.05) is 0 Å². The number of hydrogen-bond acceptors (Lipinski definition) is 10. The fraction of sp³-hybridized carbons (Fsp3) is 0.154. The molecular formula is C13H14N5O7PS. The van der Waals surface area contributed by atoms with Crippen LogP contribution in [0, 0.1) is 10.1 Å². The number of carbonyl (C=O) groups is 1. The number of nitrogens with one attached hydrogen (secondary N) is 1. The first kappa shape index (κ1) is 20.3. The Morgan fingerprint density at radius 3 is 2.89 bits per heavy atom. The molecule has 0 fully saturated rings. The molecule has 0 radical (unpaired) electrons. The van der Waals surface area contributed by atoms with Crippen molar-refractivity contribution in [2.45, 2.75) is 0 Å². The zero-order valence-electron chi connectivity index (χ0n) is 13.8. The predicted octanol–water partition coefficient (Wildman–Crippen LogP) is 1.32. The molecule has 0 aliphatic carbocycles. The van der Waals surface area contributed by atoms with Crippen molar-refractivity contribution in [1.82, 2.24) is 10.3 Å². The van der Waals surface area contributed by atoms with Crippen molar-refractivity contribution in [3.05, 3.63) is 45.5 Å². The molecule has 2 aromatic rings. The first-order valence-corrected chi connectivity index (χ1v) is 9.72. The Kier molecular flexibility index (Phi) is 6.45. The Morgan fingerprint density at radius 1 is 1.56 bits per heavy atom. The van der Waals surface area contributed by atoms with Crippen molar-refractivity contribution in [1.29, 1.82) is 0 Å². The normalized spacial score (nSPS) is 13.5. The summed E-state index contributed by atoms with van der Waals surface area (Å²) < 4.78 is 17.0. The first-order chi connectivity index (χ1) is 12.7. The SMILES string of the molecule is CON=C(C(=O)NCP(=O)(O)Oc1cccc([N+](=O)[O-])c1)c1csc(N)n1. The highest BCUT2D eigenvalue weighted by atomic mass is 32.1.